The van der Waals surface area contributed by atoms with E-state index >= 15 is 0 Å². The van der Waals surface area contributed by atoms with Crippen molar-refractivity contribution in [2.45, 2.75) is 25.7 Å². The third-order valence-electron chi connectivity index (χ3n) is 6.53. The molecule has 0 bridgehead atoms. The molecule has 2 N–H and O–H groups in total. The molecule has 11 heteroatoms. The number of sulfone groups is 1. The molecule has 6 aromatic rings. The fraction of sp³-hybridized carbons (Fsp3) is 0.129. The average Bonchev–Trinajstić information content (AvgIpc) is 3.43. The number of nitrogens with zero attached hydrogens (tertiary/aromatic N) is 6. The topological polar surface area (TPSA) is 139 Å². The molecule has 42 heavy (non-hydrogen) atoms. The summed E-state index contributed by atoms with van der Waals surface area (Å²) in [5, 5.41) is 4.71. The molecule has 0 aliphatic heterocycles. The molecule has 0 atom stereocenters. The van der Waals surface area contributed by atoms with Gasteiger partial charge in [-0.1, -0.05) is 61.9 Å². The number of aromatic nitrogens is 6. The number of anilines is 1. The van der Waals surface area contributed by atoms with Crippen molar-refractivity contribution in [1.82, 2.24) is 29.3 Å². The van der Waals surface area contributed by atoms with Gasteiger partial charge in [0.2, 0.25) is 5.95 Å². The number of nitrogens with two attached hydrogens (primary N) is 1. The Balaban J connectivity index is 0.00000173. The number of nitrogen functional groups attached to an aromatic ring is 1. The second kappa shape index (κ2) is 11.4. The lowest BCUT2D eigenvalue weighted by Gasteiger charge is -2.14. The van der Waals surface area contributed by atoms with Crippen LogP contribution in [0.3, 0.4) is 0 Å². The number of fused-ring (bicyclic) bond motifs is 1. The second-order valence-electron chi connectivity index (χ2n) is 9.38. The Morgan fingerprint density at radius 1 is 0.786 bits per heavy atom. The van der Waals surface area contributed by atoms with Gasteiger partial charge < -0.3 is 5.73 Å². The van der Waals surface area contributed by atoms with Crippen molar-refractivity contribution in [1.29, 1.82) is 0 Å². The summed E-state index contributed by atoms with van der Waals surface area (Å²) in [4.78, 5) is 27.1. The molecule has 0 aliphatic rings. The van der Waals surface area contributed by atoms with Crippen molar-refractivity contribution < 1.29 is 8.42 Å². The molecule has 0 unspecified atom stereocenters. The highest BCUT2D eigenvalue weighted by Crippen LogP contribution is 2.27. The maximum Gasteiger partial charge on any atom is 0.269 e. The Labute approximate surface area is 243 Å². The van der Waals surface area contributed by atoms with Crippen LogP contribution in [-0.4, -0.2) is 44.0 Å². The normalized spacial score (nSPS) is 11.2. The number of hydrogen-bond acceptors (Lipinski definition) is 8. The van der Waals surface area contributed by atoms with Crippen molar-refractivity contribution in [2.24, 2.45) is 0 Å². The highest BCUT2D eigenvalue weighted by molar-refractivity contribution is 7.90. The SMILES string of the molecule is CC.Cc1ccc(-n2c(-c3ccc(-c4cnc(N)nc4)cc3)nc3c(cnn3-c3cccc(S(C)(=O)=O)c3)c2=O)cc1. The van der Waals surface area contributed by atoms with Gasteiger partial charge in [-0.05, 0) is 42.8 Å². The number of rotatable bonds is 5. The summed E-state index contributed by atoms with van der Waals surface area (Å²) < 4.78 is 27.4. The lowest BCUT2D eigenvalue weighted by Crippen LogP contribution is -2.22. The van der Waals surface area contributed by atoms with Crippen LogP contribution in [-0.2, 0) is 9.84 Å². The molecule has 3 aromatic heterocycles. The molecular weight excluding hydrogens is 550 g/mol. The summed E-state index contributed by atoms with van der Waals surface area (Å²) in [6, 6.07) is 21.5. The van der Waals surface area contributed by atoms with E-state index in [-0.39, 0.29) is 16.4 Å². The highest BCUT2D eigenvalue weighted by atomic mass is 32.2. The zero-order chi connectivity index (χ0) is 30.0. The summed E-state index contributed by atoms with van der Waals surface area (Å²) in [7, 11) is -3.45. The first kappa shape index (κ1) is 28.4. The minimum atomic E-state index is -3.45. The summed E-state index contributed by atoms with van der Waals surface area (Å²) in [5.41, 5.74) is 10.2. The maximum absolute atomic E-state index is 13.9. The molecule has 0 amide bonds. The Morgan fingerprint density at radius 3 is 2.07 bits per heavy atom. The Bertz CT molecular complexity index is 2050. The van der Waals surface area contributed by atoms with Gasteiger partial charge in [0.1, 0.15) is 11.2 Å². The van der Waals surface area contributed by atoms with Gasteiger partial charge in [0.25, 0.3) is 5.56 Å². The molecule has 212 valence electrons. The van der Waals surface area contributed by atoms with Crippen LogP contribution in [0.25, 0.3) is 44.9 Å². The monoisotopic (exact) mass is 579 g/mol. The van der Waals surface area contributed by atoms with Crippen LogP contribution in [0.1, 0.15) is 19.4 Å². The van der Waals surface area contributed by atoms with Crippen molar-refractivity contribution in [3.63, 3.8) is 0 Å². The number of benzene rings is 3. The minimum Gasteiger partial charge on any atom is -0.368 e. The van der Waals surface area contributed by atoms with E-state index < -0.39 is 9.84 Å². The Kier molecular flexibility index (Phi) is 7.68. The number of aryl methyl sites for hydroxylation is 1. The molecule has 0 saturated heterocycles. The van der Waals surface area contributed by atoms with E-state index in [9.17, 15) is 13.2 Å². The van der Waals surface area contributed by atoms with Gasteiger partial charge in [-0.15, -0.1) is 0 Å². The highest BCUT2D eigenvalue weighted by Gasteiger charge is 2.19. The van der Waals surface area contributed by atoms with E-state index in [1.54, 1.807) is 29.1 Å². The van der Waals surface area contributed by atoms with E-state index in [0.29, 0.717) is 33.8 Å². The minimum absolute atomic E-state index is 0.143. The molecular formula is C31H29N7O3S. The summed E-state index contributed by atoms with van der Waals surface area (Å²) in [5.74, 6) is 0.598. The zero-order valence-corrected chi connectivity index (χ0v) is 24.4. The van der Waals surface area contributed by atoms with E-state index in [2.05, 4.69) is 15.1 Å². The standard InChI is InChI=1S/C29H23N7O3S.C2H6/c1-18-6-12-22(13-7-18)35-26(20-10-8-19(9-11-20)21-15-31-29(30)32-16-21)34-27-25(28(35)37)17-33-36(27)23-4-3-5-24(14-23)40(2,38)39;1-2/h3-17H,1-2H3,(H2,30,31,32);1-2H3. The van der Waals surface area contributed by atoms with Crippen molar-refractivity contribution in [3.8, 4) is 33.9 Å². The average molecular weight is 580 g/mol. The largest absolute Gasteiger partial charge is 0.368 e. The molecule has 0 radical (unpaired) electrons. The summed E-state index contributed by atoms with van der Waals surface area (Å²) in [6.07, 6.45) is 5.89. The van der Waals surface area contributed by atoms with Crippen molar-refractivity contribution in [2.75, 3.05) is 12.0 Å². The van der Waals surface area contributed by atoms with Gasteiger partial charge in [0.15, 0.2) is 15.5 Å². The smallest absolute Gasteiger partial charge is 0.269 e. The van der Waals surface area contributed by atoms with Gasteiger partial charge in [0.05, 0.1) is 22.5 Å². The summed E-state index contributed by atoms with van der Waals surface area (Å²) in [6.45, 7) is 5.98. The zero-order valence-electron chi connectivity index (χ0n) is 23.6. The van der Waals surface area contributed by atoms with E-state index in [0.717, 1.165) is 22.9 Å². The van der Waals surface area contributed by atoms with Gasteiger partial charge in [-0.2, -0.15) is 5.10 Å². The second-order valence-corrected chi connectivity index (χ2v) is 11.4. The van der Waals surface area contributed by atoms with Crippen LogP contribution in [0.5, 0.6) is 0 Å². The van der Waals surface area contributed by atoms with Crippen LogP contribution in [0.15, 0.2) is 101 Å². The Hall–Kier alpha value is -5.16. The van der Waals surface area contributed by atoms with Gasteiger partial charge in [-0.3, -0.25) is 9.36 Å². The van der Waals surface area contributed by atoms with Gasteiger partial charge in [0, 0.05) is 29.8 Å². The van der Waals surface area contributed by atoms with Crippen LogP contribution >= 0.6 is 0 Å². The maximum atomic E-state index is 13.9. The van der Waals surface area contributed by atoms with Crippen molar-refractivity contribution in [3.05, 3.63) is 107 Å². The molecule has 3 aromatic carbocycles. The lowest BCUT2D eigenvalue weighted by molar-refractivity contribution is 0.601. The third kappa shape index (κ3) is 5.41. The molecule has 10 nitrogen and oxygen atoms in total. The molecule has 0 saturated carbocycles. The predicted octanol–water partition coefficient (Wildman–Crippen LogP) is 5.02. The lowest BCUT2D eigenvalue weighted by atomic mass is 10.1. The quantitative estimate of drug-likeness (QED) is 0.301. The first-order chi connectivity index (χ1) is 20.2. The van der Waals surface area contributed by atoms with E-state index in [4.69, 9.17) is 10.7 Å². The third-order valence-corrected chi connectivity index (χ3v) is 7.64. The van der Waals surface area contributed by atoms with E-state index in [1.807, 2.05) is 69.3 Å². The first-order valence-electron chi connectivity index (χ1n) is 13.3. The Morgan fingerprint density at radius 2 is 1.43 bits per heavy atom. The number of hydrogen-bond donors (Lipinski definition) is 1. The van der Waals surface area contributed by atoms with Crippen LogP contribution in [0.2, 0.25) is 0 Å². The molecule has 0 spiro atoms. The molecule has 6 rings (SSSR count). The van der Waals surface area contributed by atoms with Crippen LogP contribution in [0.4, 0.5) is 5.95 Å². The fourth-order valence-corrected chi connectivity index (χ4v) is 5.09. The molecule has 0 fully saturated rings. The molecule has 3 heterocycles. The first-order valence-corrected chi connectivity index (χ1v) is 15.1. The predicted molar refractivity (Wildman–Crippen MR) is 165 cm³/mol. The van der Waals surface area contributed by atoms with Gasteiger partial charge >= 0.3 is 0 Å². The fourth-order valence-electron chi connectivity index (χ4n) is 4.43. The summed E-state index contributed by atoms with van der Waals surface area (Å²) >= 11 is 0. The molecule has 0 aliphatic carbocycles. The van der Waals surface area contributed by atoms with Crippen LogP contribution in [0, 0.1) is 6.92 Å². The van der Waals surface area contributed by atoms with E-state index in [1.165, 1.54) is 23.0 Å². The van der Waals surface area contributed by atoms with Crippen LogP contribution < -0.4 is 11.3 Å². The van der Waals surface area contributed by atoms with Gasteiger partial charge in [-0.25, -0.2) is 28.1 Å². The van der Waals surface area contributed by atoms with Crippen molar-refractivity contribution >= 4 is 26.8 Å².